The molecule has 6 heteroatoms. The number of alkyl carbamates (subject to hydrolysis) is 1. The van der Waals surface area contributed by atoms with Crippen LogP contribution in [0.4, 0.5) is 4.79 Å². The summed E-state index contributed by atoms with van der Waals surface area (Å²) in [5.41, 5.74) is -0.575. The molecule has 0 spiro atoms. The molecule has 18 heavy (non-hydrogen) atoms. The Morgan fingerprint density at radius 1 is 1.44 bits per heavy atom. The maximum absolute atomic E-state index is 11.9. The fourth-order valence-electron chi connectivity index (χ4n) is 1.86. The molecule has 2 atom stereocenters. The van der Waals surface area contributed by atoms with Crippen LogP contribution in [-0.2, 0) is 14.4 Å². The quantitative estimate of drug-likeness (QED) is 0.811. The van der Waals surface area contributed by atoms with E-state index in [1.54, 1.807) is 20.8 Å². The molecule has 0 bridgehead atoms. The van der Waals surface area contributed by atoms with Gasteiger partial charge in [0.1, 0.15) is 11.6 Å². The summed E-state index contributed by atoms with van der Waals surface area (Å²) in [6, 6.07) is -0.580. The topological polar surface area (TPSA) is 67.9 Å². The number of carbonyl (C=O) groups excluding carboxylic acids is 2. The monoisotopic (exact) mass is 258 g/mol. The van der Waals surface area contributed by atoms with Gasteiger partial charge in [-0.2, -0.15) is 0 Å². The fraction of sp³-hybridized carbons (Fsp3) is 0.833. The molecule has 1 aliphatic heterocycles. The lowest BCUT2D eigenvalue weighted by atomic mass is 9.97. The van der Waals surface area contributed by atoms with Gasteiger partial charge in [0, 0.05) is 0 Å². The number of hydrogen-bond acceptors (Lipinski definition) is 4. The van der Waals surface area contributed by atoms with Crippen molar-refractivity contribution in [2.75, 3.05) is 13.7 Å². The molecule has 0 aromatic rings. The van der Waals surface area contributed by atoms with Gasteiger partial charge >= 0.3 is 6.09 Å². The van der Waals surface area contributed by atoms with Gasteiger partial charge < -0.3 is 10.1 Å². The van der Waals surface area contributed by atoms with E-state index in [0.29, 0.717) is 13.0 Å². The summed E-state index contributed by atoms with van der Waals surface area (Å²) >= 11 is 0. The van der Waals surface area contributed by atoms with Gasteiger partial charge in [-0.1, -0.05) is 6.92 Å². The summed E-state index contributed by atoms with van der Waals surface area (Å²) in [6.07, 6.45) is 0.0174. The smallest absolute Gasteiger partial charge is 0.408 e. The number of hydrogen-bond donors (Lipinski definition) is 1. The molecule has 104 valence electrons. The maximum Gasteiger partial charge on any atom is 0.408 e. The van der Waals surface area contributed by atoms with Gasteiger partial charge in [-0.15, -0.1) is 0 Å². The zero-order chi connectivity index (χ0) is 13.9. The standard InChI is InChI=1S/C12H22N2O4/c1-8-6-9(10(15)14(7-8)17-5)13-11(16)18-12(2,3)4/h8-9H,6-7H2,1-5H3,(H,13,16)/t8?,9-/m0/s1. The van der Waals surface area contributed by atoms with Crippen molar-refractivity contribution in [2.45, 2.75) is 45.8 Å². The molecule has 0 radical (unpaired) electrons. The zero-order valence-electron chi connectivity index (χ0n) is 11.6. The lowest BCUT2D eigenvalue weighted by Gasteiger charge is -2.34. The highest BCUT2D eigenvalue weighted by atomic mass is 16.7. The molecule has 0 aliphatic carbocycles. The highest BCUT2D eigenvalue weighted by Crippen LogP contribution is 2.18. The molecule has 6 nitrogen and oxygen atoms in total. The van der Waals surface area contributed by atoms with Gasteiger partial charge in [0.15, 0.2) is 0 Å². The van der Waals surface area contributed by atoms with Crippen LogP contribution in [0.1, 0.15) is 34.1 Å². The number of carbonyl (C=O) groups is 2. The van der Waals surface area contributed by atoms with Crippen LogP contribution in [0.5, 0.6) is 0 Å². The Labute approximate surface area is 108 Å². The Morgan fingerprint density at radius 3 is 2.56 bits per heavy atom. The first-order chi connectivity index (χ1) is 8.23. The molecule has 1 rings (SSSR count). The van der Waals surface area contributed by atoms with Crippen molar-refractivity contribution < 1.29 is 19.2 Å². The second-order valence-electron chi connectivity index (χ2n) is 5.62. The molecule has 1 saturated heterocycles. The second-order valence-corrected chi connectivity index (χ2v) is 5.62. The summed E-state index contributed by atoms with van der Waals surface area (Å²) in [7, 11) is 1.44. The molecular formula is C12H22N2O4. The van der Waals surface area contributed by atoms with E-state index in [9.17, 15) is 9.59 Å². The number of ether oxygens (including phenoxy) is 1. The minimum Gasteiger partial charge on any atom is -0.444 e. The number of nitrogens with zero attached hydrogens (tertiary/aromatic N) is 1. The van der Waals surface area contributed by atoms with Crippen LogP contribution in [0.25, 0.3) is 0 Å². The van der Waals surface area contributed by atoms with Gasteiger partial charge in [0.25, 0.3) is 5.91 Å². The maximum atomic E-state index is 11.9. The second kappa shape index (κ2) is 5.56. The molecule has 1 fully saturated rings. The molecule has 1 aliphatic rings. The van der Waals surface area contributed by atoms with Crippen molar-refractivity contribution in [2.24, 2.45) is 5.92 Å². The van der Waals surface area contributed by atoms with Crippen LogP contribution in [0.15, 0.2) is 0 Å². The molecule has 0 aromatic heterocycles. The molecule has 1 heterocycles. The number of piperidine rings is 1. The van der Waals surface area contributed by atoms with Gasteiger partial charge in [0.05, 0.1) is 13.7 Å². The number of nitrogens with one attached hydrogen (secondary N) is 1. The summed E-state index contributed by atoms with van der Waals surface area (Å²) in [5.74, 6) is 0.0315. The Bertz CT molecular complexity index is 325. The van der Waals surface area contributed by atoms with E-state index in [1.165, 1.54) is 12.2 Å². The van der Waals surface area contributed by atoms with Gasteiger partial charge in [0.2, 0.25) is 0 Å². The highest BCUT2D eigenvalue weighted by molar-refractivity contribution is 5.85. The van der Waals surface area contributed by atoms with Crippen LogP contribution in [0, 0.1) is 5.92 Å². The first-order valence-electron chi connectivity index (χ1n) is 6.08. The Hall–Kier alpha value is -1.30. The molecule has 2 amide bonds. The van der Waals surface area contributed by atoms with E-state index in [0.717, 1.165) is 0 Å². The van der Waals surface area contributed by atoms with E-state index in [1.807, 2.05) is 6.92 Å². The normalized spacial score (nSPS) is 24.9. The van der Waals surface area contributed by atoms with Crippen molar-refractivity contribution >= 4 is 12.0 Å². The third-order valence-electron chi connectivity index (χ3n) is 2.57. The van der Waals surface area contributed by atoms with Crippen LogP contribution in [0.2, 0.25) is 0 Å². The third-order valence-corrected chi connectivity index (χ3v) is 2.57. The summed E-state index contributed by atoms with van der Waals surface area (Å²) in [6.45, 7) is 7.88. The van der Waals surface area contributed by atoms with Crippen LogP contribution >= 0.6 is 0 Å². The largest absolute Gasteiger partial charge is 0.444 e. The van der Waals surface area contributed by atoms with E-state index in [4.69, 9.17) is 9.57 Å². The first kappa shape index (κ1) is 14.8. The Morgan fingerprint density at radius 2 is 2.06 bits per heavy atom. The average molecular weight is 258 g/mol. The Kier molecular flexibility index (Phi) is 4.56. The number of rotatable bonds is 2. The lowest BCUT2D eigenvalue weighted by molar-refractivity contribution is -0.187. The van der Waals surface area contributed by atoms with E-state index in [-0.39, 0.29) is 11.8 Å². The Balaban J connectivity index is 2.60. The molecular weight excluding hydrogens is 236 g/mol. The van der Waals surface area contributed by atoms with Gasteiger partial charge in [-0.25, -0.2) is 9.86 Å². The van der Waals surface area contributed by atoms with Crippen molar-refractivity contribution in [1.82, 2.24) is 10.4 Å². The summed E-state index contributed by atoms with van der Waals surface area (Å²) in [5, 5.41) is 3.86. The van der Waals surface area contributed by atoms with Crippen molar-refractivity contribution in [3.63, 3.8) is 0 Å². The molecule has 1 unspecified atom stereocenters. The number of amides is 2. The van der Waals surface area contributed by atoms with E-state index >= 15 is 0 Å². The number of hydroxylamine groups is 2. The third kappa shape index (κ3) is 4.18. The average Bonchev–Trinajstić information content (AvgIpc) is 2.20. The minimum absolute atomic E-state index is 0.235. The van der Waals surface area contributed by atoms with E-state index in [2.05, 4.69) is 5.32 Å². The predicted octanol–water partition coefficient (Wildman–Crippen LogP) is 1.31. The first-order valence-corrected chi connectivity index (χ1v) is 6.08. The molecule has 0 saturated carbocycles. The SMILES string of the molecule is CON1CC(C)C[C@H](NC(=O)OC(C)(C)C)C1=O. The van der Waals surface area contributed by atoms with Crippen molar-refractivity contribution in [3.8, 4) is 0 Å². The fourth-order valence-corrected chi connectivity index (χ4v) is 1.86. The molecule has 1 N–H and O–H groups in total. The predicted molar refractivity (Wildman–Crippen MR) is 65.7 cm³/mol. The van der Waals surface area contributed by atoms with Crippen molar-refractivity contribution in [3.05, 3.63) is 0 Å². The van der Waals surface area contributed by atoms with Gasteiger partial charge in [-0.3, -0.25) is 9.63 Å². The van der Waals surface area contributed by atoms with Crippen LogP contribution in [0.3, 0.4) is 0 Å². The highest BCUT2D eigenvalue weighted by Gasteiger charge is 2.34. The zero-order valence-corrected chi connectivity index (χ0v) is 11.6. The van der Waals surface area contributed by atoms with Crippen LogP contribution < -0.4 is 5.32 Å². The van der Waals surface area contributed by atoms with E-state index < -0.39 is 17.7 Å². The van der Waals surface area contributed by atoms with Crippen LogP contribution in [-0.4, -0.2) is 42.4 Å². The minimum atomic E-state index is -0.580. The van der Waals surface area contributed by atoms with Gasteiger partial charge in [-0.05, 0) is 33.1 Å². The van der Waals surface area contributed by atoms with Crippen molar-refractivity contribution in [1.29, 1.82) is 0 Å². The summed E-state index contributed by atoms with van der Waals surface area (Å²) in [4.78, 5) is 28.5. The lowest BCUT2D eigenvalue weighted by Crippen LogP contribution is -2.54. The summed E-state index contributed by atoms with van der Waals surface area (Å²) < 4.78 is 5.13. The molecule has 0 aromatic carbocycles.